The van der Waals surface area contributed by atoms with E-state index >= 15 is 0 Å². The maximum atomic E-state index is 8.36. The van der Waals surface area contributed by atoms with E-state index in [1.807, 2.05) is 19.9 Å². The Hall–Kier alpha value is -2.53. The third-order valence-electron chi connectivity index (χ3n) is 5.18. The summed E-state index contributed by atoms with van der Waals surface area (Å²) in [7, 11) is 0. The highest BCUT2D eigenvalue weighted by Crippen LogP contribution is 2.21. The second-order valence-corrected chi connectivity index (χ2v) is 7.23. The molecule has 2 aromatic carbocycles. The molecule has 1 aliphatic rings. The van der Waals surface area contributed by atoms with Crippen molar-refractivity contribution in [1.29, 1.82) is 5.41 Å². The zero-order valence-corrected chi connectivity index (χ0v) is 17.2. The predicted octanol–water partition coefficient (Wildman–Crippen LogP) is 4.02. The molecule has 0 unspecified atom stereocenters. The molecule has 0 radical (unpaired) electrons. The minimum atomic E-state index is 0.336. The number of para-hydroxylation sites is 1. The highest BCUT2D eigenvalue weighted by molar-refractivity contribution is 5.80. The normalized spacial score (nSPS) is 14.2. The van der Waals surface area contributed by atoms with Crippen molar-refractivity contribution in [3.8, 4) is 5.75 Å². The first-order valence-electron chi connectivity index (χ1n) is 10.0. The highest BCUT2D eigenvalue weighted by Gasteiger charge is 2.20. The van der Waals surface area contributed by atoms with Crippen LogP contribution in [0.15, 0.2) is 42.5 Å². The molecule has 5 nitrogen and oxygen atoms in total. The van der Waals surface area contributed by atoms with Crippen molar-refractivity contribution in [1.82, 2.24) is 4.90 Å². The number of nitrogens with one attached hydrogen (secondary N) is 1. The van der Waals surface area contributed by atoms with Crippen molar-refractivity contribution < 1.29 is 9.47 Å². The van der Waals surface area contributed by atoms with Crippen molar-refractivity contribution in [2.45, 2.75) is 27.4 Å². The number of hydrogen-bond acceptors (Lipinski definition) is 4. The van der Waals surface area contributed by atoms with Gasteiger partial charge in [-0.2, -0.15) is 0 Å². The quantitative estimate of drug-likeness (QED) is 0.581. The Balaban J connectivity index is 1.45. The van der Waals surface area contributed by atoms with Gasteiger partial charge in [0, 0.05) is 31.9 Å². The van der Waals surface area contributed by atoms with Gasteiger partial charge in [-0.05, 0) is 49.6 Å². The number of amidine groups is 1. The summed E-state index contributed by atoms with van der Waals surface area (Å²) in [4.78, 5) is 4.52. The molecule has 3 rings (SSSR count). The lowest BCUT2D eigenvalue weighted by atomic mass is 10.1. The van der Waals surface area contributed by atoms with Crippen molar-refractivity contribution in [2.24, 2.45) is 0 Å². The third kappa shape index (κ3) is 5.04. The Morgan fingerprint density at radius 3 is 2.46 bits per heavy atom. The third-order valence-corrected chi connectivity index (χ3v) is 5.18. The van der Waals surface area contributed by atoms with Gasteiger partial charge < -0.3 is 19.3 Å². The first-order chi connectivity index (χ1) is 13.6. The van der Waals surface area contributed by atoms with Crippen LogP contribution in [0.5, 0.6) is 5.75 Å². The van der Waals surface area contributed by atoms with Crippen LogP contribution >= 0.6 is 0 Å². The summed E-state index contributed by atoms with van der Waals surface area (Å²) in [6.45, 7) is 11.2. The van der Waals surface area contributed by atoms with E-state index in [2.05, 4.69) is 53.1 Å². The molecule has 150 valence electrons. The summed E-state index contributed by atoms with van der Waals surface area (Å²) < 4.78 is 11.4. The van der Waals surface area contributed by atoms with E-state index in [1.54, 1.807) is 0 Å². The van der Waals surface area contributed by atoms with Gasteiger partial charge in [0.15, 0.2) is 0 Å². The van der Waals surface area contributed by atoms with Gasteiger partial charge in [0.2, 0.25) is 0 Å². The molecule has 0 bridgehead atoms. The predicted molar refractivity (Wildman–Crippen MR) is 115 cm³/mol. The SMILES string of the molecule is CCOc1cc(COCC(=N)N2CCN(c3ccccc3C)CC2)ccc1C. The van der Waals surface area contributed by atoms with Crippen molar-refractivity contribution >= 4 is 11.5 Å². The van der Waals surface area contributed by atoms with Crippen LogP contribution in [0, 0.1) is 19.3 Å². The van der Waals surface area contributed by atoms with Crippen LogP contribution in [0.25, 0.3) is 0 Å². The Morgan fingerprint density at radius 2 is 1.75 bits per heavy atom. The summed E-state index contributed by atoms with van der Waals surface area (Å²) in [5.74, 6) is 1.47. The Bertz CT molecular complexity index is 798. The van der Waals surface area contributed by atoms with Gasteiger partial charge in [-0.1, -0.05) is 30.3 Å². The van der Waals surface area contributed by atoms with Gasteiger partial charge in [0.05, 0.1) is 13.2 Å². The minimum absolute atomic E-state index is 0.336. The first kappa shape index (κ1) is 20.2. The second kappa shape index (κ2) is 9.60. The molecular weight excluding hydrogens is 350 g/mol. The molecule has 0 saturated carbocycles. The smallest absolute Gasteiger partial charge is 0.122 e. The topological polar surface area (TPSA) is 48.8 Å². The van der Waals surface area contributed by atoms with E-state index in [1.165, 1.54) is 11.3 Å². The molecule has 2 aromatic rings. The van der Waals surface area contributed by atoms with Gasteiger partial charge in [-0.25, -0.2) is 0 Å². The molecule has 0 atom stereocenters. The molecule has 0 amide bonds. The number of nitrogens with zero attached hydrogens (tertiary/aromatic N) is 2. The van der Waals surface area contributed by atoms with Crippen molar-refractivity contribution in [2.75, 3.05) is 44.3 Å². The van der Waals surface area contributed by atoms with E-state index in [0.29, 0.717) is 25.7 Å². The molecule has 0 aromatic heterocycles. The zero-order valence-electron chi connectivity index (χ0n) is 17.2. The fourth-order valence-electron chi connectivity index (χ4n) is 3.54. The first-order valence-corrected chi connectivity index (χ1v) is 10.0. The molecule has 1 heterocycles. The number of aryl methyl sites for hydroxylation is 2. The largest absolute Gasteiger partial charge is 0.494 e. The number of hydrogen-bond donors (Lipinski definition) is 1. The van der Waals surface area contributed by atoms with E-state index in [-0.39, 0.29) is 0 Å². The van der Waals surface area contributed by atoms with Crippen LogP contribution in [0.1, 0.15) is 23.6 Å². The van der Waals surface area contributed by atoms with E-state index in [9.17, 15) is 0 Å². The highest BCUT2D eigenvalue weighted by atomic mass is 16.5. The average Bonchev–Trinajstić information content (AvgIpc) is 2.71. The summed E-state index contributed by atoms with van der Waals surface area (Å²) >= 11 is 0. The zero-order chi connectivity index (χ0) is 19.9. The molecule has 1 N–H and O–H groups in total. The molecular formula is C23H31N3O2. The number of benzene rings is 2. The molecule has 28 heavy (non-hydrogen) atoms. The van der Waals surface area contributed by atoms with Crippen LogP contribution in [0.2, 0.25) is 0 Å². The van der Waals surface area contributed by atoms with Gasteiger partial charge in [-0.15, -0.1) is 0 Å². The lowest BCUT2D eigenvalue weighted by molar-refractivity contribution is 0.147. The summed E-state index contributed by atoms with van der Waals surface area (Å²) in [6.07, 6.45) is 0. The summed E-state index contributed by atoms with van der Waals surface area (Å²) in [5.41, 5.74) is 4.81. The van der Waals surface area contributed by atoms with Crippen molar-refractivity contribution in [3.63, 3.8) is 0 Å². The van der Waals surface area contributed by atoms with Crippen LogP contribution in [0.3, 0.4) is 0 Å². The molecule has 1 aliphatic heterocycles. The maximum Gasteiger partial charge on any atom is 0.122 e. The standard InChI is InChI=1S/C23H31N3O2/c1-4-28-22-15-20(10-9-19(22)3)16-27-17-23(24)26-13-11-25(12-14-26)21-8-6-5-7-18(21)2/h5-10,15,24H,4,11-14,16-17H2,1-3H3. The van der Waals surface area contributed by atoms with E-state index in [4.69, 9.17) is 14.9 Å². The lowest BCUT2D eigenvalue weighted by Crippen LogP contribution is -2.49. The molecule has 5 heteroatoms. The molecule has 1 saturated heterocycles. The summed E-state index contributed by atoms with van der Waals surface area (Å²) in [6, 6.07) is 14.6. The molecule has 1 fully saturated rings. The molecule has 0 spiro atoms. The Kier molecular flexibility index (Phi) is 6.93. The van der Waals surface area contributed by atoms with Gasteiger partial charge >= 0.3 is 0 Å². The van der Waals surface area contributed by atoms with Crippen molar-refractivity contribution in [3.05, 3.63) is 59.2 Å². The van der Waals surface area contributed by atoms with Crippen LogP contribution in [-0.4, -0.2) is 50.1 Å². The maximum absolute atomic E-state index is 8.36. The fraction of sp³-hybridized carbons (Fsp3) is 0.435. The minimum Gasteiger partial charge on any atom is -0.494 e. The number of rotatable bonds is 7. The average molecular weight is 382 g/mol. The Morgan fingerprint density at radius 1 is 1.00 bits per heavy atom. The second-order valence-electron chi connectivity index (χ2n) is 7.23. The monoisotopic (exact) mass is 381 g/mol. The van der Waals surface area contributed by atoms with E-state index < -0.39 is 0 Å². The lowest BCUT2D eigenvalue weighted by Gasteiger charge is -2.37. The van der Waals surface area contributed by atoms with Crippen LogP contribution < -0.4 is 9.64 Å². The number of piperazine rings is 1. The number of ether oxygens (including phenoxy) is 2. The van der Waals surface area contributed by atoms with Gasteiger partial charge in [0.1, 0.15) is 18.2 Å². The molecule has 0 aliphatic carbocycles. The van der Waals surface area contributed by atoms with Gasteiger partial charge in [0.25, 0.3) is 0 Å². The fourth-order valence-corrected chi connectivity index (χ4v) is 3.54. The van der Waals surface area contributed by atoms with Crippen LogP contribution in [0.4, 0.5) is 5.69 Å². The van der Waals surface area contributed by atoms with Gasteiger partial charge in [-0.3, -0.25) is 5.41 Å². The van der Waals surface area contributed by atoms with Crippen LogP contribution in [-0.2, 0) is 11.3 Å². The van der Waals surface area contributed by atoms with E-state index in [0.717, 1.165) is 43.1 Å². The summed E-state index contributed by atoms with van der Waals surface area (Å²) in [5, 5.41) is 8.36. The Labute approximate surface area is 168 Å². The number of anilines is 1.